The zero-order valence-corrected chi connectivity index (χ0v) is 7.70. The molecule has 1 heterocycles. The zero-order chi connectivity index (χ0) is 10.4. The Labute approximate surface area is 82.2 Å². The van der Waals surface area contributed by atoms with Gasteiger partial charge in [0.15, 0.2) is 0 Å². The van der Waals surface area contributed by atoms with E-state index in [9.17, 15) is 0 Å². The van der Waals surface area contributed by atoms with Gasteiger partial charge in [-0.3, -0.25) is 0 Å². The van der Waals surface area contributed by atoms with Crippen molar-refractivity contribution in [2.75, 3.05) is 0 Å². The fourth-order valence-corrected chi connectivity index (χ4v) is 0.982. The number of aromatic amines is 1. The van der Waals surface area contributed by atoms with E-state index >= 15 is 0 Å². The first-order chi connectivity index (χ1) is 6.77. The molecule has 0 atom stereocenters. The third kappa shape index (κ3) is 2.39. The third-order valence-corrected chi connectivity index (χ3v) is 1.70. The van der Waals surface area contributed by atoms with Gasteiger partial charge in [0.2, 0.25) is 0 Å². The van der Waals surface area contributed by atoms with Gasteiger partial charge in [0.1, 0.15) is 0 Å². The molecule has 0 saturated carbocycles. The molecular weight excluding hydrogens is 174 g/mol. The summed E-state index contributed by atoms with van der Waals surface area (Å²) >= 11 is 0. The van der Waals surface area contributed by atoms with E-state index in [2.05, 4.69) is 11.6 Å². The van der Waals surface area contributed by atoms with Gasteiger partial charge in [-0.1, -0.05) is 12.7 Å². The molecule has 3 N–H and O–H groups in total. The number of hydrogen-bond acceptors (Lipinski definition) is 2. The van der Waals surface area contributed by atoms with Crippen LogP contribution in [0.5, 0.6) is 0 Å². The van der Waals surface area contributed by atoms with Gasteiger partial charge in [0.25, 0.3) is 0 Å². The molecule has 0 fully saturated rings. The standard InChI is InChI=1S/C11H11N3/c1-9(7-12)3-2-4-11-10(8-13)5-6-14-11/h2-6,8,14H,1,13H2/b3-2+,10-8-,11-4-. The van der Waals surface area contributed by atoms with Crippen LogP contribution in [0.1, 0.15) is 0 Å². The van der Waals surface area contributed by atoms with Gasteiger partial charge in [-0.25, -0.2) is 0 Å². The first kappa shape index (κ1) is 9.87. The van der Waals surface area contributed by atoms with Crippen molar-refractivity contribution in [3.63, 3.8) is 0 Å². The lowest BCUT2D eigenvalue weighted by atomic mass is 10.3. The smallest absolute Gasteiger partial charge is 0.0985 e. The SMILES string of the molecule is C=C(C#N)/C=C/C=c1\[nH]cc\c1=C\N. The van der Waals surface area contributed by atoms with Crippen LogP contribution in [0.3, 0.4) is 0 Å². The lowest BCUT2D eigenvalue weighted by Crippen LogP contribution is -2.23. The maximum absolute atomic E-state index is 8.44. The maximum atomic E-state index is 8.44. The van der Waals surface area contributed by atoms with Crippen LogP contribution in [0.2, 0.25) is 0 Å². The van der Waals surface area contributed by atoms with Crippen molar-refractivity contribution < 1.29 is 0 Å². The van der Waals surface area contributed by atoms with Crippen molar-refractivity contribution in [3.05, 3.63) is 47.1 Å². The molecule has 0 aliphatic heterocycles. The van der Waals surface area contributed by atoms with Crippen LogP contribution in [0, 0.1) is 11.3 Å². The van der Waals surface area contributed by atoms with Gasteiger partial charge >= 0.3 is 0 Å². The fourth-order valence-electron chi connectivity index (χ4n) is 0.982. The molecule has 0 bridgehead atoms. The predicted octanol–water partition coefficient (Wildman–Crippen LogP) is 0.128. The normalized spacial score (nSPS) is 13.4. The molecule has 0 spiro atoms. The maximum Gasteiger partial charge on any atom is 0.0985 e. The van der Waals surface area contributed by atoms with Crippen LogP contribution >= 0.6 is 0 Å². The van der Waals surface area contributed by atoms with Crippen molar-refractivity contribution in [2.24, 2.45) is 5.73 Å². The highest BCUT2D eigenvalue weighted by atomic mass is 14.6. The molecule has 0 amide bonds. The second-order valence-corrected chi connectivity index (χ2v) is 2.68. The molecule has 0 aromatic carbocycles. The second-order valence-electron chi connectivity index (χ2n) is 2.68. The number of nitrogens with zero attached hydrogens (tertiary/aromatic N) is 1. The number of H-pyrrole nitrogens is 1. The van der Waals surface area contributed by atoms with Gasteiger partial charge in [-0.2, -0.15) is 5.26 Å². The second kappa shape index (κ2) is 4.73. The van der Waals surface area contributed by atoms with Crippen molar-refractivity contribution >= 4 is 12.3 Å². The highest BCUT2D eigenvalue weighted by molar-refractivity contribution is 5.42. The molecule has 1 aromatic heterocycles. The van der Waals surface area contributed by atoms with Crippen LogP contribution in [0.4, 0.5) is 0 Å². The monoisotopic (exact) mass is 185 g/mol. The Bertz CT molecular complexity index is 497. The Morgan fingerprint density at radius 2 is 2.43 bits per heavy atom. The van der Waals surface area contributed by atoms with Gasteiger partial charge < -0.3 is 10.7 Å². The Balaban J connectivity index is 2.97. The largest absolute Gasteiger partial charge is 0.404 e. The molecule has 0 saturated heterocycles. The summed E-state index contributed by atoms with van der Waals surface area (Å²) in [5.41, 5.74) is 5.82. The summed E-state index contributed by atoms with van der Waals surface area (Å²) in [7, 11) is 0. The zero-order valence-electron chi connectivity index (χ0n) is 7.70. The minimum absolute atomic E-state index is 0.422. The summed E-state index contributed by atoms with van der Waals surface area (Å²) in [6.45, 7) is 3.52. The van der Waals surface area contributed by atoms with Crippen LogP contribution < -0.4 is 16.3 Å². The Morgan fingerprint density at radius 3 is 3.07 bits per heavy atom. The van der Waals surface area contributed by atoms with Crippen LogP contribution in [-0.4, -0.2) is 4.98 Å². The molecule has 3 heteroatoms. The van der Waals surface area contributed by atoms with E-state index in [0.717, 1.165) is 10.6 Å². The van der Waals surface area contributed by atoms with E-state index in [4.69, 9.17) is 11.0 Å². The summed E-state index contributed by atoms with van der Waals surface area (Å²) < 4.78 is 0. The van der Waals surface area contributed by atoms with Crippen LogP contribution in [-0.2, 0) is 0 Å². The highest BCUT2D eigenvalue weighted by Crippen LogP contribution is 1.88. The first-order valence-electron chi connectivity index (χ1n) is 4.10. The molecule has 70 valence electrons. The number of nitriles is 1. The van der Waals surface area contributed by atoms with Gasteiger partial charge in [0.05, 0.1) is 6.07 Å². The lowest BCUT2D eigenvalue weighted by Gasteiger charge is -1.79. The molecule has 3 nitrogen and oxygen atoms in total. The predicted molar refractivity (Wildman–Crippen MR) is 57.1 cm³/mol. The summed E-state index contributed by atoms with van der Waals surface area (Å²) in [6, 6.07) is 3.80. The van der Waals surface area contributed by atoms with Gasteiger partial charge in [-0.05, 0) is 18.2 Å². The average Bonchev–Trinajstić information content (AvgIpc) is 2.65. The Morgan fingerprint density at radius 1 is 1.64 bits per heavy atom. The topological polar surface area (TPSA) is 65.6 Å². The van der Waals surface area contributed by atoms with Crippen molar-refractivity contribution in [2.45, 2.75) is 0 Å². The summed E-state index contributed by atoms with van der Waals surface area (Å²) in [5.74, 6) is 0. The van der Waals surface area contributed by atoms with Gasteiger partial charge in [-0.15, -0.1) is 0 Å². The molecule has 14 heavy (non-hydrogen) atoms. The molecule has 1 aromatic rings. The fraction of sp³-hybridized carbons (Fsp3) is 0. The van der Waals surface area contributed by atoms with Crippen molar-refractivity contribution in [1.82, 2.24) is 4.98 Å². The quantitative estimate of drug-likeness (QED) is 0.508. The Kier molecular flexibility index (Phi) is 3.33. The van der Waals surface area contributed by atoms with Crippen LogP contribution in [0.25, 0.3) is 12.3 Å². The average molecular weight is 185 g/mol. The number of hydrogen-bond donors (Lipinski definition) is 2. The summed E-state index contributed by atoms with van der Waals surface area (Å²) in [4.78, 5) is 3.02. The molecule has 0 aliphatic carbocycles. The number of nitrogens with two attached hydrogens (primary N) is 1. The minimum Gasteiger partial charge on any atom is -0.404 e. The van der Waals surface area contributed by atoms with E-state index in [1.165, 1.54) is 6.20 Å². The molecule has 0 aliphatic rings. The number of allylic oxidation sites excluding steroid dienone is 3. The number of aromatic nitrogens is 1. The Hall–Kier alpha value is -2.21. The summed E-state index contributed by atoms with van der Waals surface area (Å²) in [5, 5.41) is 10.3. The highest BCUT2D eigenvalue weighted by Gasteiger charge is 1.82. The molecule has 1 rings (SSSR count). The van der Waals surface area contributed by atoms with Crippen molar-refractivity contribution in [1.29, 1.82) is 5.26 Å². The van der Waals surface area contributed by atoms with E-state index in [-0.39, 0.29) is 0 Å². The minimum atomic E-state index is 0.422. The van der Waals surface area contributed by atoms with E-state index < -0.39 is 0 Å². The van der Waals surface area contributed by atoms with Gasteiger partial charge in [0, 0.05) is 28.5 Å². The molecule has 0 unspecified atom stereocenters. The van der Waals surface area contributed by atoms with Crippen molar-refractivity contribution in [3.8, 4) is 6.07 Å². The summed E-state index contributed by atoms with van der Waals surface area (Å²) in [6.07, 6.45) is 8.56. The molecular formula is C11H11N3. The van der Waals surface area contributed by atoms with E-state index in [1.807, 2.05) is 18.2 Å². The third-order valence-electron chi connectivity index (χ3n) is 1.70. The van der Waals surface area contributed by atoms with E-state index in [1.54, 1.807) is 18.3 Å². The number of nitrogens with one attached hydrogen (secondary N) is 1. The lowest BCUT2D eigenvalue weighted by molar-refractivity contribution is 1.31. The molecule has 0 radical (unpaired) electrons. The first-order valence-corrected chi connectivity index (χ1v) is 4.10. The van der Waals surface area contributed by atoms with Crippen LogP contribution in [0.15, 0.2) is 36.6 Å². The number of rotatable bonds is 2. The van der Waals surface area contributed by atoms with E-state index in [0.29, 0.717) is 5.57 Å².